The molecule has 0 radical (unpaired) electrons. The Morgan fingerprint density at radius 2 is 2.30 bits per heavy atom. The molecule has 0 aliphatic heterocycles. The zero-order valence-electron chi connectivity index (χ0n) is 10.4. The van der Waals surface area contributed by atoms with E-state index >= 15 is 0 Å². The van der Waals surface area contributed by atoms with Gasteiger partial charge >= 0.3 is 0 Å². The third kappa shape index (κ3) is 3.09. The van der Waals surface area contributed by atoms with Gasteiger partial charge in [0.15, 0.2) is 0 Å². The van der Waals surface area contributed by atoms with Crippen molar-refractivity contribution in [3.05, 3.63) is 51.1 Å². The molecule has 2 aromatic rings. The number of nitrogens with one attached hydrogen (secondary N) is 1. The van der Waals surface area contributed by atoms with Gasteiger partial charge in [0.2, 0.25) is 0 Å². The van der Waals surface area contributed by atoms with Crippen molar-refractivity contribution in [2.24, 2.45) is 7.05 Å². The van der Waals surface area contributed by atoms with E-state index in [1.54, 1.807) is 24.1 Å². The molecule has 0 aromatic carbocycles. The second-order valence-electron chi connectivity index (χ2n) is 3.99. The molecule has 2 rings (SSSR count). The quantitative estimate of drug-likeness (QED) is 0.520. The smallest absolute Gasteiger partial charge is 0.300 e. The summed E-state index contributed by atoms with van der Waals surface area (Å²) in [6.07, 6.45) is 4.28. The molecule has 2 aromatic heterocycles. The van der Waals surface area contributed by atoms with Crippen molar-refractivity contribution in [1.82, 2.24) is 20.1 Å². The molecule has 8 nitrogen and oxygen atoms in total. The van der Waals surface area contributed by atoms with E-state index in [-0.39, 0.29) is 17.3 Å². The van der Waals surface area contributed by atoms with Gasteiger partial charge in [-0.1, -0.05) is 11.6 Å². The summed E-state index contributed by atoms with van der Waals surface area (Å²) in [7, 11) is 1.75. The van der Waals surface area contributed by atoms with Crippen LogP contribution in [-0.2, 0) is 13.6 Å². The van der Waals surface area contributed by atoms with Gasteiger partial charge in [0.1, 0.15) is 16.9 Å². The minimum atomic E-state index is -0.678. The van der Waals surface area contributed by atoms with Crippen LogP contribution in [0, 0.1) is 10.1 Å². The number of carbonyl (C=O) groups excluding carboxylic acids is 1. The first-order valence-electron chi connectivity index (χ1n) is 5.53. The largest absolute Gasteiger partial charge is 0.348 e. The highest BCUT2D eigenvalue weighted by molar-refractivity contribution is 6.29. The van der Waals surface area contributed by atoms with Gasteiger partial charge < -0.3 is 5.32 Å². The number of aromatic nitrogens is 3. The second-order valence-corrected chi connectivity index (χ2v) is 4.37. The predicted octanol–water partition coefficient (Wildman–Crippen LogP) is 1.31. The van der Waals surface area contributed by atoms with Crippen LogP contribution >= 0.6 is 11.6 Å². The van der Waals surface area contributed by atoms with Crippen molar-refractivity contribution in [2.45, 2.75) is 6.54 Å². The van der Waals surface area contributed by atoms with Gasteiger partial charge in [0.25, 0.3) is 11.6 Å². The second kappa shape index (κ2) is 5.66. The molecule has 0 unspecified atom stereocenters. The number of carbonyl (C=O) groups is 1. The van der Waals surface area contributed by atoms with Crippen molar-refractivity contribution >= 4 is 23.2 Å². The lowest BCUT2D eigenvalue weighted by molar-refractivity contribution is -0.385. The first-order chi connectivity index (χ1) is 9.47. The van der Waals surface area contributed by atoms with Gasteiger partial charge in [-0.15, -0.1) is 0 Å². The van der Waals surface area contributed by atoms with Gasteiger partial charge in [-0.3, -0.25) is 19.6 Å². The molecule has 0 fully saturated rings. The zero-order valence-corrected chi connectivity index (χ0v) is 11.2. The number of rotatable bonds is 4. The number of hydrogen-bond acceptors (Lipinski definition) is 5. The van der Waals surface area contributed by atoms with E-state index in [1.807, 2.05) is 0 Å². The average molecular weight is 296 g/mol. The van der Waals surface area contributed by atoms with Crippen LogP contribution in [0.25, 0.3) is 0 Å². The number of amides is 1. The molecule has 1 N–H and O–H groups in total. The van der Waals surface area contributed by atoms with Crippen LogP contribution in [0.3, 0.4) is 0 Å². The Labute approximate surface area is 118 Å². The van der Waals surface area contributed by atoms with Crippen LogP contribution < -0.4 is 5.32 Å². The molecule has 0 atom stereocenters. The first-order valence-corrected chi connectivity index (χ1v) is 5.91. The summed E-state index contributed by atoms with van der Waals surface area (Å²) in [5.74, 6) is -0.593. The topological polar surface area (TPSA) is 103 Å². The molecule has 0 aliphatic rings. The summed E-state index contributed by atoms with van der Waals surface area (Å²) >= 11 is 5.66. The highest BCUT2D eigenvalue weighted by atomic mass is 35.5. The van der Waals surface area contributed by atoms with Gasteiger partial charge in [-0.05, 0) is 6.07 Å². The molecule has 104 valence electrons. The zero-order chi connectivity index (χ0) is 14.7. The summed E-state index contributed by atoms with van der Waals surface area (Å²) in [5, 5.41) is 17.4. The number of halogens is 1. The monoisotopic (exact) mass is 295 g/mol. The fraction of sp³-hybridized carbons (Fsp3) is 0.182. The first kappa shape index (κ1) is 13.9. The van der Waals surface area contributed by atoms with Crippen molar-refractivity contribution in [3.8, 4) is 0 Å². The van der Waals surface area contributed by atoms with Gasteiger partial charge in [0.05, 0.1) is 11.1 Å². The minimum absolute atomic E-state index is 0.0159. The Balaban J connectivity index is 2.16. The normalized spacial score (nSPS) is 10.3. The Morgan fingerprint density at radius 3 is 2.90 bits per heavy atom. The highest BCUT2D eigenvalue weighted by Crippen LogP contribution is 2.20. The van der Waals surface area contributed by atoms with Crippen molar-refractivity contribution < 1.29 is 9.72 Å². The van der Waals surface area contributed by atoms with E-state index in [9.17, 15) is 14.9 Å². The average Bonchev–Trinajstić information content (AvgIpc) is 2.81. The molecule has 0 aliphatic carbocycles. The Kier molecular flexibility index (Phi) is 3.94. The Hall–Kier alpha value is -2.48. The molecule has 2 heterocycles. The maximum Gasteiger partial charge on any atom is 0.300 e. The lowest BCUT2D eigenvalue weighted by Gasteiger charge is -2.04. The molecule has 9 heteroatoms. The Bertz CT molecular complexity index is 670. The fourth-order valence-corrected chi connectivity index (χ4v) is 1.75. The van der Waals surface area contributed by atoms with E-state index < -0.39 is 16.5 Å². The highest BCUT2D eigenvalue weighted by Gasteiger charge is 2.21. The summed E-state index contributed by atoms with van der Waals surface area (Å²) in [5.41, 5.74) is 0.264. The number of pyridine rings is 1. The summed E-state index contributed by atoms with van der Waals surface area (Å²) in [6.45, 7) is 0.212. The number of nitrogens with zero attached hydrogens (tertiary/aromatic N) is 4. The third-order valence-electron chi connectivity index (χ3n) is 2.50. The van der Waals surface area contributed by atoms with E-state index in [2.05, 4.69) is 15.4 Å². The fourth-order valence-electron chi connectivity index (χ4n) is 1.59. The summed E-state index contributed by atoms with van der Waals surface area (Å²) in [6, 6.07) is 1.16. The SMILES string of the molecule is Cn1cc(CNC(=O)c2cc(Cl)ncc2[N+](=O)[O-])cn1. The van der Waals surface area contributed by atoms with E-state index in [4.69, 9.17) is 11.6 Å². The maximum atomic E-state index is 12.0. The van der Waals surface area contributed by atoms with Crippen LogP contribution in [0.4, 0.5) is 5.69 Å². The molecular weight excluding hydrogens is 286 g/mol. The third-order valence-corrected chi connectivity index (χ3v) is 2.71. The van der Waals surface area contributed by atoms with Crippen molar-refractivity contribution in [3.63, 3.8) is 0 Å². The number of hydrogen-bond donors (Lipinski definition) is 1. The molecule has 0 spiro atoms. The molecule has 1 amide bonds. The van der Waals surface area contributed by atoms with Gasteiger partial charge in [0, 0.05) is 25.4 Å². The molecular formula is C11H10ClN5O3. The predicted molar refractivity (Wildman–Crippen MR) is 70.3 cm³/mol. The molecule has 0 saturated carbocycles. The van der Waals surface area contributed by atoms with Gasteiger partial charge in [-0.25, -0.2) is 4.98 Å². The van der Waals surface area contributed by atoms with E-state index in [1.165, 1.54) is 0 Å². The van der Waals surface area contributed by atoms with Crippen molar-refractivity contribution in [2.75, 3.05) is 0 Å². The number of nitro groups is 1. The maximum absolute atomic E-state index is 12.0. The summed E-state index contributed by atoms with van der Waals surface area (Å²) in [4.78, 5) is 25.7. The van der Waals surface area contributed by atoms with Gasteiger partial charge in [-0.2, -0.15) is 5.10 Å². The molecule has 0 saturated heterocycles. The van der Waals surface area contributed by atoms with E-state index in [0.717, 1.165) is 17.8 Å². The van der Waals surface area contributed by atoms with Crippen LogP contribution in [0.1, 0.15) is 15.9 Å². The van der Waals surface area contributed by atoms with Crippen LogP contribution in [0.15, 0.2) is 24.7 Å². The minimum Gasteiger partial charge on any atom is -0.348 e. The lowest BCUT2D eigenvalue weighted by Crippen LogP contribution is -2.23. The lowest BCUT2D eigenvalue weighted by atomic mass is 10.2. The summed E-state index contributed by atoms with van der Waals surface area (Å²) < 4.78 is 1.59. The molecule has 0 bridgehead atoms. The molecule has 20 heavy (non-hydrogen) atoms. The van der Waals surface area contributed by atoms with Crippen LogP contribution in [0.5, 0.6) is 0 Å². The number of aryl methyl sites for hydroxylation is 1. The van der Waals surface area contributed by atoms with Crippen molar-refractivity contribution in [1.29, 1.82) is 0 Å². The van der Waals surface area contributed by atoms with Crippen LogP contribution in [0.2, 0.25) is 5.15 Å². The van der Waals surface area contributed by atoms with E-state index in [0.29, 0.717) is 0 Å². The standard InChI is InChI=1S/C11H10ClN5O3/c1-16-6-7(4-15-16)3-14-11(18)8-2-10(12)13-5-9(8)17(19)20/h2,4-6H,3H2,1H3,(H,14,18). The van der Waals surface area contributed by atoms with Crippen LogP contribution in [-0.4, -0.2) is 25.6 Å². The Morgan fingerprint density at radius 1 is 1.55 bits per heavy atom.